The number of halogens is 2. The van der Waals surface area contributed by atoms with E-state index in [-0.39, 0.29) is 10.9 Å². The van der Waals surface area contributed by atoms with Crippen molar-refractivity contribution in [2.24, 2.45) is 0 Å². The number of nitrogens with one attached hydrogen (secondary N) is 1. The van der Waals surface area contributed by atoms with E-state index in [1.54, 1.807) is 31.3 Å². The van der Waals surface area contributed by atoms with Gasteiger partial charge in [0.2, 0.25) is 0 Å². The average molecular weight is 299 g/mol. The Morgan fingerprint density at radius 1 is 1.23 bits per heavy atom. The fourth-order valence-electron chi connectivity index (χ4n) is 2.18. The number of aryl methyl sites for hydroxylation is 1. The molecule has 1 N–H and O–H groups in total. The third-order valence-electron chi connectivity index (χ3n) is 3.13. The van der Waals surface area contributed by atoms with Crippen LogP contribution in [-0.4, -0.2) is 15.9 Å². The van der Waals surface area contributed by atoms with Crippen molar-refractivity contribution < 1.29 is 13.6 Å². The molecule has 3 rings (SSSR count). The van der Waals surface area contributed by atoms with E-state index >= 15 is 0 Å². The summed E-state index contributed by atoms with van der Waals surface area (Å²) >= 11 is 0. The quantitative estimate of drug-likeness (QED) is 0.788. The Balaban J connectivity index is 2.09. The Bertz CT molecular complexity index is 866. The van der Waals surface area contributed by atoms with E-state index < -0.39 is 17.5 Å². The van der Waals surface area contributed by atoms with Crippen LogP contribution in [0.25, 0.3) is 10.9 Å². The fourth-order valence-corrected chi connectivity index (χ4v) is 2.18. The highest BCUT2D eigenvalue weighted by Crippen LogP contribution is 2.26. The molecule has 0 fully saturated rings. The lowest BCUT2D eigenvalue weighted by molar-refractivity contribution is 0.102. The molecule has 0 aliphatic carbocycles. The smallest absolute Gasteiger partial charge is 0.257 e. The Kier molecular flexibility index (Phi) is 3.50. The molecule has 0 atom stereocenters. The van der Waals surface area contributed by atoms with Gasteiger partial charge in [-0.25, -0.2) is 13.8 Å². The van der Waals surface area contributed by atoms with Crippen molar-refractivity contribution in [3.05, 3.63) is 65.6 Å². The maximum atomic E-state index is 13.8. The van der Waals surface area contributed by atoms with Crippen molar-refractivity contribution in [2.45, 2.75) is 6.92 Å². The van der Waals surface area contributed by atoms with Gasteiger partial charge in [0.1, 0.15) is 11.3 Å². The number of pyridine rings is 2. The lowest BCUT2D eigenvalue weighted by Crippen LogP contribution is -2.13. The van der Waals surface area contributed by atoms with Crippen molar-refractivity contribution in [1.29, 1.82) is 0 Å². The molecule has 4 nitrogen and oxygen atoms in total. The second-order valence-corrected chi connectivity index (χ2v) is 4.79. The summed E-state index contributed by atoms with van der Waals surface area (Å²) in [5, 5.41) is 2.85. The van der Waals surface area contributed by atoms with E-state index in [2.05, 4.69) is 15.3 Å². The summed E-state index contributed by atoms with van der Waals surface area (Å²) in [4.78, 5) is 20.1. The van der Waals surface area contributed by atoms with Gasteiger partial charge in [-0.2, -0.15) is 0 Å². The van der Waals surface area contributed by atoms with Crippen molar-refractivity contribution in [2.75, 3.05) is 5.32 Å². The number of amides is 1. The summed E-state index contributed by atoms with van der Waals surface area (Å²) in [6.07, 6.45) is 2.96. The molecule has 0 aliphatic rings. The van der Waals surface area contributed by atoms with Crippen molar-refractivity contribution in [3.8, 4) is 0 Å². The van der Waals surface area contributed by atoms with Gasteiger partial charge in [0, 0.05) is 29.5 Å². The van der Waals surface area contributed by atoms with Gasteiger partial charge in [-0.15, -0.1) is 0 Å². The molecule has 110 valence electrons. The van der Waals surface area contributed by atoms with Crippen molar-refractivity contribution in [3.63, 3.8) is 0 Å². The fraction of sp³-hybridized carbons (Fsp3) is 0.0625. The number of carbonyl (C=O) groups is 1. The number of benzene rings is 1. The standard InChI is InChI=1S/C16H11F2N3O/c1-9-5-14(21-16(22)10-3-2-4-19-8-10)12-6-11(17)7-13(18)15(12)20-9/h2-8H,1H3,(H,20,21,22). The molecule has 2 aromatic heterocycles. The zero-order valence-electron chi connectivity index (χ0n) is 11.6. The van der Waals surface area contributed by atoms with E-state index in [0.29, 0.717) is 16.9 Å². The van der Waals surface area contributed by atoms with Gasteiger partial charge in [0.25, 0.3) is 5.91 Å². The van der Waals surface area contributed by atoms with Crippen molar-refractivity contribution in [1.82, 2.24) is 9.97 Å². The van der Waals surface area contributed by atoms with Crippen LogP contribution in [-0.2, 0) is 0 Å². The lowest BCUT2D eigenvalue weighted by Gasteiger charge is -2.10. The molecule has 2 heterocycles. The molecule has 22 heavy (non-hydrogen) atoms. The van der Waals surface area contributed by atoms with Crippen LogP contribution in [0.3, 0.4) is 0 Å². The number of hydrogen-bond donors (Lipinski definition) is 1. The summed E-state index contributed by atoms with van der Waals surface area (Å²) in [5.41, 5.74) is 1.18. The maximum Gasteiger partial charge on any atom is 0.257 e. The second kappa shape index (κ2) is 5.48. The SMILES string of the molecule is Cc1cc(NC(=O)c2cccnc2)c2cc(F)cc(F)c2n1. The van der Waals surface area contributed by atoms with E-state index in [1.165, 1.54) is 6.20 Å². The Morgan fingerprint density at radius 2 is 2.05 bits per heavy atom. The second-order valence-electron chi connectivity index (χ2n) is 4.79. The van der Waals surface area contributed by atoms with Crippen LogP contribution < -0.4 is 5.32 Å². The van der Waals surface area contributed by atoms with Gasteiger partial charge in [-0.3, -0.25) is 9.78 Å². The minimum absolute atomic E-state index is 0.0166. The van der Waals surface area contributed by atoms with Gasteiger partial charge < -0.3 is 5.32 Å². The number of fused-ring (bicyclic) bond motifs is 1. The highest BCUT2D eigenvalue weighted by Gasteiger charge is 2.13. The minimum atomic E-state index is -0.768. The zero-order valence-corrected chi connectivity index (χ0v) is 11.6. The van der Waals surface area contributed by atoms with Gasteiger partial charge in [0.05, 0.1) is 11.3 Å². The van der Waals surface area contributed by atoms with E-state index in [1.807, 2.05) is 0 Å². The predicted octanol–water partition coefficient (Wildman–Crippen LogP) is 3.47. The first-order valence-electron chi connectivity index (χ1n) is 6.52. The zero-order chi connectivity index (χ0) is 15.7. The normalized spacial score (nSPS) is 10.7. The molecule has 0 saturated carbocycles. The predicted molar refractivity (Wildman–Crippen MR) is 78.6 cm³/mol. The third-order valence-corrected chi connectivity index (χ3v) is 3.13. The Hall–Kier alpha value is -2.89. The molecular formula is C16H11F2N3O. The Morgan fingerprint density at radius 3 is 2.77 bits per heavy atom. The van der Waals surface area contributed by atoms with Crippen molar-refractivity contribution >= 4 is 22.5 Å². The third kappa shape index (κ3) is 2.63. The number of aromatic nitrogens is 2. The summed E-state index contributed by atoms with van der Waals surface area (Å²) in [6.45, 7) is 1.67. The highest BCUT2D eigenvalue weighted by molar-refractivity contribution is 6.08. The molecule has 0 bridgehead atoms. The van der Waals surface area contributed by atoms with Crippen LogP contribution in [0.15, 0.2) is 42.7 Å². The van der Waals surface area contributed by atoms with Crippen LogP contribution in [0.5, 0.6) is 0 Å². The molecule has 0 spiro atoms. The van der Waals surface area contributed by atoms with Crippen LogP contribution in [0.4, 0.5) is 14.5 Å². The average Bonchev–Trinajstić information content (AvgIpc) is 2.49. The first-order valence-corrected chi connectivity index (χ1v) is 6.52. The molecule has 3 aromatic rings. The lowest BCUT2D eigenvalue weighted by atomic mass is 10.1. The Labute approximate surface area is 124 Å². The number of rotatable bonds is 2. The first kappa shape index (κ1) is 14.1. The topological polar surface area (TPSA) is 54.9 Å². The first-order chi connectivity index (χ1) is 10.5. The van der Waals surface area contributed by atoms with E-state index in [4.69, 9.17) is 0 Å². The van der Waals surface area contributed by atoms with Gasteiger partial charge in [0.15, 0.2) is 5.82 Å². The van der Waals surface area contributed by atoms with E-state index in [9.17, 15) is 13.6 Å². The summed E-state index contributed by atoms with van der Waals surface area (Å²) in [7, 11) is 0. The number of hydrogen-bond acceptors (Lipinski definition) is 3. The van der Waals surface area contributed by atoms with Gasteiger partial charge >= 0.3 is 0 Å². The highest BCUT2D eigenvalue weighted by atomic mass is 19.1. The van der Waals surface area contributed by atoms with Crippen LogP contribution in [0.2, 0.25) is 0 Å². The summed E-state index contributed by atoms with van der Waals surface area (Å²) in [5.74, 6) is -1.91. The monoisotopic (exact) mass is 299 g/mol. The minimum Gasteiger partial charge on any atom is -0.321 e. The van der Waals surface area contributed by atoms with Crippen LogP contribution in [0.1, 0.15) is 16.1 Å². The number of nitrogens with zero attached hydrogens (tertiary/aromatic N) is 2. The molecular weight excluding hydrogens is 288 g/mol. The molecule has 6 heteroatoms. The van der Waals surface area contributed by atoms with Gasteiger partial charge in [-0.1, -0.05) is 0 Å². The van der Waals surface area contributed by atoms with Crippen LogP contribution in [0, 0.1) is 18.6 Å². The summed E-state index contributed by atoms with van der Waals surface area (Å²) in [6, 6.07) is 6.70. The largest absolute Gasteiger partial charge is 0.321 e. The van der Waals surface area contributed by atoms with Crippen LogP contribution >= 0.6 is 0 Å². The number of anilines is 1. The maximum absolute atomic E-state index is 13.8. The molecule has 1 amide bonds. The molecule has 0 unspecified atom stereocenters. The molecule has 0 radical (unpaired) electrons. The molecule has 0 saturated heterocycles. The summed E-state index contributed by atoms with van der Waals surface area (Å²) < 4.78 is 27.3. The molecule has 1 aromatic carbocycles. The van der Waals surface area contributed by atoms with Gasteiger partial charge in [-0.05, 0) is 31.2 Å². The van der Waals surface area contributed by atoms with E-state index in [0.717, 1.165) is 12.1 Å². The molecule has 0 aliphatic heterocycles. The number of carbonyl (C=O) groups excluding carboxylic acids is 1.